The molecule has 1 N–H and O–H groups in total. The number of anilines is 1. The van der Waals surface area contributed by atoms with Crippen LogP contribution in [0.2, 0.25) is 0 Å². The normalized spacial score (nSPS) is 13.3. The molecule has 27 heavy (non-hydrogen) atoms. The molecule has 134 valence electrons. The molecule has 1 aliphatic carbocycles. The van der Waals surface area contributed by atoms with Gasteiger partial charge in [0.1, 0.15) is 12.4 Å². The summed E-state index contributed by atoms with van der Waals surface area (Å²) in [4.78, 5) is 4.86. The number of ether oxygens (including phenoxy) is 1. The molecule has 0 saturated carbocycles. The summed E-state index contributed by atoms with van der Waals surface area (Å²) >= 11 is 0. The molecule has 1 aromatic heterocycles. The number of benzene rings is 2. The fourth-order valence-corrected chi connectivity index (χ4v) is 3.45. The largest absolute Gasteiger partial charge is 0.481 e. The highest BCUT2D eigenvalue weighted by atomic mass is 16.5. The molecule has 1 aliphatic rings. The van der Waals surface area contributed by atoms with E-state index in [9.17, 15) is 0 Å². The van der Waals surface area contributed by atoms with E-state index in [1.54, 1.807) is 0 Å². The van der Waals surface area contributed by atoms with Gasteiger partial charge in [0.2, 0.25) is 0 Å². The van der Waals surface area contributed by atoms with Crippen LogP contribution >= 0.6 is 0 Å². The second-order valence-corrected chi connectivity index (χ2v) is 6.57. The Morgan fingerprint density at radius 1 is 1.11 bits per heavy atom. The Labute approximate surface area is 159 Å². The number of hydrazone groups is 1. The highest BCUT2D eigenvalue weighted by Gasteiger charge is 2.17. The molecular formula is C23H21N3O. The van der Waals surface area contributed by atoms with Crippen LogP contribution < -0.4 is 10.2 Å². The fourth-order valence-electron chi connectivity index (χ4n) is 3.45. The van der Waals surface area contributed by atoms with Crippen LogP contribution in [0.25, 0.3) is 10.9 Å². The third kappa shape index (κ3) is 3.78. The molecule has 4 nitrogen and oxygen atoms in total. The number of fused-ring (bicyclic) bond motifs is 2. The summed E-state index contributed by atoms with van der Waals surface area (Å²) in [7, 11) is 0. The van der Waals surface area contributed by atoms with Crippen LogP contribution in [0, 0.1) is 12.3 Å². The van der Waals surface area contributed by atoms with Gasteiger partial charge in [0.05, 0.1) is 17.4 Å². The molecule has 2 aromatic carbocycles. The third-order valence-corrected chi connectivity index (χ3v) is 4.76. The van der Waals surface area contributed by atoms with Crippen LogP contribution in [-0.4, -0.2) is 17.8 Å². The number of aromatic nitrogens is 1. The highest BCUT2D eigenvalue weighted by Crippen LogP contribution is 2.33. The lowest BCUT2D eigenvalue weighted by molar-refractivity contribution is 0.370. The van der Waals surface area contributed by atoms with Gasteiger partial charge in [0, 0.05) is 11.1 Å². The van der Waals surface area contributed by atoms with E-state index in [-0.39, 0.29) is 6.61 Å². The molecule has 0 unspecified atom stereocenters. The number of pyridine rings is 1. The quantitative estimate of drug-likeness (QED) is 0.414. The molecule has 3 aromatic rings. The van der Waals surface area contributed by atoms with Crippen LogP contribution in [0.3, 0.4) is 0 Å². The molecule has 0 bridgehead atoms. The van der Waals surface area contributed by atoms with Crippen molar-refractivity contribution >= 4 is 22.8 Å². The predicted octanol–water partition coefficient (Wildman–Crippen LogP) is 4.57. The van der Waals surface area contributed by atoms with Gasteiger partial charge < -0.3 is 4.74 Å². The topological polar surface area (TPSA) is 46.5 Å². The Morgan fingerprint density at radius 3 is 2.78 bits per heavy atom. The zero-order chi connectivity index (χ0) is 18.5. The minimum absolute atomic E-state index is 0.273. The van der Waals surface area contributed by atoms with Crippen LogP contribution in [0.5, 0.6) is 5.75 Å². The van der Waals surface area contributed by atoms with Crippen LogP contribution in [-0.2, 0) is 12.8 Å². The van der Waals surface area contributed by atoms with Gasteiger partial charge in [0.25, 0.3) is 0 Å². The number of aryl methyl sites for hydroxylation is 1. The number of rotatable bonds is 5. The highest BCUT2D eigenvalue weighted by molar-refractivity contribution is 5.94. The second-order valence-electron chi connectivity index (χ2n) is 6.57. The number of nitrogens with one attached hydrogen (secondary N) is 1. The average Bonchev–Trinajstić information content (AvgIpc) is 2.72. The van der Waals surface area contributed by atoms with Crippen LogP contribution in [0.15, 0.2) is 53.6 Å². The van der Waals surface area contributed by atoms with Gasteiger partial charge in [-0.25, -0.2) is 0 Å². The van der Waals surface area contributed by atoms with E-state index in [0.717, 1.165) is 40.7 Å². The molecule has 0 spiro atoms. The van der Waals surface area contributed by atoms with Gasteiger partial charge in [-0.3, -0.25) is 10.4 Å². The standard InChI is InChI=1S/C23H21N3O/c1-2-15-27-18-13-11-17(12-14-18)16-24-26-23-19-7-3-5-9-21(19)25-22-10-6-4-8-20(22)23/h1,3,5,7,9,11-14,16H,4,6,8,10,15H2,(H,25,26)/b24-16+. The third-order valence-electron chi connectivity index (χ3n) is 4.76. The van der Waals surface area contributed by atoms with Crippen molar-refractivity contribution in [2.24, 2.45) is 5.10 Å². The van der Waals surface area contributed by atoms with E-state index in [4.69, 9.17) is 16.1 Å². The smallest absolute Gasteiger partial charge is 0.148 e. The first-order valence-corrected chi connectivity index (χ1v) is 9.21. The van der Waals surface area contributed by atoms with Crippen molar-refractivity contribution in [3.63, 3.8) is 0 Å². The second kappa shape index (κ2) is 7.92. The summed E-state index contributed by atoms with van der Waals surface area (Å²) < 4.78 is 5.39. The molecular weight excluding hydrogens is 334 g/mol. The number of para-hydroxylation sites is 1. The number of hydrogen-bond acceptors (Lipinski definition) is 4. The van der Waals surface area contributed by atoms with E-state index in [1.165, 1.54) is 24.1 Å². The molecule has 0 fully saturated rings. The average molecular weight is 355 g/mol. The zero-order valence-corrected chi connectivity index (χ0v) is 15.1. The molecule has 0 atom stereocenters. The monoisotopic (exact) mass is 355 g/mol. The van der Waals surface area contributed by atoms with Crippen LogP contribution in [0.1, 0.15) is 29.7 Å². The summed E-state index contributed by atoms with van der Waals surface area (Å²) in [5.41, 5.74) is 8.88. The predicted molar refractivity (Wildman–Crippen MR) is 110 cm³/mol. The Bertz CT molecular complexity index is 1020. The number of terminal acetylenes is 1. The maximum atomic E-state index is 5.39. The van der Waals surface area contributed by atoms with E-state index >= 15 is 0 Å². The van der Waals surface area contributed by atoms with Crippen molar-refractivity contribution in [2.45, 2.75) is 25.7 Å². The van der Waals surface area contributed by atoms with Crippen molar-refractivity contribution in [1.29, 1.82) is 0 Å². The number of hydrogen-bond donors (Lipinski definition) is 1. The molecule has 0 saturated heterocycles. The Morgan fingerprint density at radius 2 is 1.93 bits per heavy atom. The SMILES string of the molecule is C#CCOc1ccc(/C=N/Nc2c3c(nc4ccccc24)CCCC3)cc1. The van der Waals surface area contributed by atoms with Crippen molar-refractivity contribution in [1.82, 2.24) is 4.98 Å². The minimum Gasteiger partial charge on any atom is -0.481 e. The van der Waals surface area contributed by atoms with Gasteiger partial charge in [0.15, 0.2) is 0 Å². The first-order chi connectivity index (χ1) is 13.3. The van der Waals surface area contributed by atoms with Gasteiger partial charge in [-0.1, -0.05) is 24.1 Å². The van der Waals surface area contributed by atoms with Gasteiger partial charge in [-0.2, -0.15) is 5.10 Å². The first kappa shape index (κ1) is 17.1. The summed E-state index contributed by atoms with van der Waals surface area (Å²) in [6, 6.07) is 15.9. The van der Waals surface area contributed by atoms with Crippen LogP contribution in [0.4, 0.5) is 5.69 Å². The summed E-state index contributed by atoms with van der Waals surface area (Å²) in [6.07, 6.45) is 11.5. The van der Waals surface area contributed by atoms with Gasteiger partial charge in [-0.15, -0.1) is 6.42 Å². The van der Waals surface area contributed by atoms with E-state index in [2.05, 4.69) is 28.6 Å². The molecule has 4 rings (SSSR count). The lowest BCUT2D eigenvalue weighted by Gasteiger charge is -2.20. The Kier molecular flexibility index (Phi) is 5.02. The summed E-state index contributed by atoms with van der Waals surface area (Å²) in [6.45, 7) is 0.273. The molecule has 0 radical (unpaired) electrons. The zero-order valence-electron chi connectivity index (χ0n) is 15.1. The van der Waals surface area contributed by atoms with Crippen molar-refractivity contribution in [2.75, 3.05) is 12.0 Å². The summed E-state index contributed by atoms with van der Waals surface area (Å²) in [5, 5.41) is 5.60. The van der Waals surface area contributed by atoms with Gasteiger partial charge >= 0.3 is 0 Å². The van der Waals surface area contributed by atoms with E-state index < -0.39 is 0 Å². The van der Waals surface area contributed by atoms with Crippen molar-refractivity contribution < 1.29 is 4.74 Å². The van der Waals surface area contributed by atoms with Crippen molar-refractivity contribution in [3.8, 4) is 18.1 Å². The maximum absolute atomic E-state index is 5.39. The molecule has 0 amide bonds. The number of nitrogens with zero attached hydrogens (tertiary/aromatic N) is 2. The van der Waals surface area contributed by atoms with Gasteiger partial charge in [-0.05, 0) is 67.1 Å². The lowest BCUT2D eigenvalue weighted by atomic mass is 9.93. The maximum Gasteiger partial charge on any atom is 0.148 e. The first-order valence-electron chi connectivity index (χ1n) is 9.21. The van der Waals surface area contributed by atoms with Crippen molar-refractivity contribution in [3.05, 3.63) is 65.4 Å². The Balaban J connectivity index is 1.58. The Hall–Kier alpha value is -3.32. The molecule has 1 heterocycles. The van der Waals surface area contributed by atoms with E-state index in [1.807, 2.05) is 42.6 Å². The van der Waals surface area contributed by atoms with E-state index in [0.29, 0.717) is 0 Å². The minimum atomic E-state index is 0.273. The summed E-state index contributed by atoms with van der Waals surface area (Å²) in [5.74, 6) is 3.22. The lowest BCUT2D eigenvalue weighted by Crippen LogP contribution is -2.09. The molecule has 4 heteroatoms. The fraction of sp³-hybridized carbons (Fsp3) is 0.217. The molecule has 0 aliphatic heterocycles.